The molecular formula is C25H20F2N4O2S. The molecule has 4 aromatic rings. The molecule has 0 saturated heterocycles. The summed E-state index contributed by atoms with van der Waals surface area (Å²) in [5.74, 6) is -1.37. The second-order valence-corrected chi connectivity index (χ2v) is 8.20. The van der Waals surface area contributed by atoms with Gasteiger partial charge in [-0.2, -0.15) is 0 Å². The highest BCUT2D eigenvalue weighted by Crippen LogP contribution is 2.22. The third-order valence-electron chi connectivity index (χ3n) is 4.86. The number of thioether (sulfide) groups is 1. The predicted octanol–water partition coefficient (Wildman–Crippen LogP) is 4.81. The number of hydrogen-bond acceptors (Lipinski definition) is 4. The van der Waals surface area contributed by atoms with Gasteiger partial charge < -0.3 is 10.6 Å². The van der Waals surface area contributed by atoms with Crippen LogP contribution in [0.1, 0.15) is 15.9 Å². The lowest BCUT2D eigenvalue weighted by Gasteiger charge is -2.10. The summed E-state index contributed by atoms with van der Waals surface area (Å²) in [7, 11) is 0. The van der Waals surface area contributed by atoms with Crippen LogP contribution in [0.25, 0.3) is 5.69 Å². The fourth-order valence-electron chi connectivity index (χ4n) is 3.13. The molecule has 0 atom stereocenters. The number of nitrogens with zero attached hydrogens (tertiary/aromatic N) is 2. The lowest BCUT2D eigenvalue weighted by molar-refractivity contribution is -0.113. The van der Waals surface area contributed by atoms with Gasteiger partial charge in [0.25, 0.3) is 5.91 Å². The molecule has 0 radical (unpaired) electrons. The number of carbonyl (C=O) groups is 2. The molecule has 0 aliphatic carbocycles. The molecule has 2 amide bonds. The fourth-order valence-corrected chi connectivity index (χ4v) is 3.91. The van der Waals surface area contributed by atoms with Gasteiger partial charge in [-0.1, -0.05) is 36.0 Å². The lowest BCUT2D eigenvalue weighted by Crippen LogP contribution is -2.22. The molecule has 34 heavy (non-hydrogen) atoms. The average molecular weight is 479 g/mol. The van der Waals surface area contributed by atoms with Gasteiger partial charge in [-0.3, -0.25) is 14.2 Å². The van der Waals surface area contributed by atoms with Crippen molar-refractivity contribution in [3.63, 3.8) is 0 Å². The number of rotatable bonds is 8. The molecule has 2 N–H and O–H groups in total. The normalized spacial score (nSPS) is 10.6. The average Bonchev–Trinajstić information content (AvgIpc) is 3.32. The Morgan fingerprint density at radius 1 is 0.941 bits per heavy atom. The van der Waals surface area contributed by atoms with E-state index >= 15 is 0 Å². The van der Waals surface area contributed by atoms with Crippen LogP contribution < -0.4 is 10.6 Å². The third-order valence-corrected chi connectivity index (χ3v) is 5.83. The van der Waals surface area contributed by atoms with E-state index in [1.807, 2.05) is 0 Å². The third kappa shape index (κ3) is 5.87. The highest BCUT2D eigenvalue weighted by Gasteiger charge is 2.12. The van der Waals surface area contributed by atoms with Crippen LogP contribution in [0.4, 0.5) is 14.5 Å². The summed E-state index contributed by atoms with van der Waals surface area (Å²) in [5, 5.41) is 5.93. The number of hydrogen-bond donors (Lipinski definition) is 2. The Labute approximate surface area is 199 Å². The molecule has 3 aromatic carbocycles. The maximum atomic E-state index is 13.7. The molecule has 0 aliphatic heterocycles. The summed E-state index contributed by atoms with van der Waals surface area (Å²) in [6.45, 7) is 0.290. The Kier molecular flexibility index (Phi) is 7.34. The fraction of sp³-hybridized carbons (Fsp3) is 0.0800. The first-order valence-corrected chi connectivity index (χ1v) is 11.3. The largest absolute Gasteiger partial charge is 0.348 e. The number of nitrogens with one attached hydrogen (secondary N) is 2. The van der Waals surface area contributed by atoms with Gasteiger partial charge in [0.1, 0.15) is 11.6 Å². The number of para-hydroxylation sites is 1. The van der Waals surface area contributed by atoms with E-state index in [9.17, 15) is 18.4 Å². The number of anilines is 1. The first-order chi connectivity index (χ1) is 16.5. The van der Waals surface area contributed by atoms with Crippen LogP contribution in [0.3, 0.4) is 0 Å². The van der Waals surface area contributed by atoms with Crippen LogP contribution >= 0.6 is 11.8 Å². The van der Waals surface area contributed by atoms with Gasteiger partial charge >= 0.3 is 0 Å². The number of benzene rings is 3. The van der Waals surface area contributed by atoms with E-state index in [0.29, 0.717) is 10.7 Å². The molecular weight excluding hydrogens is 458 g/mol. The topological polar surface area (TPSA) is 76.0 Å². The minimum atomic E-state index is -0.496. The summed E-state index contributed by atoms with van der Waals surface area (Å²) >= 11 is 1.21. The predicted molar refractivity (Wildman–Crippen MR) is 127 cm³/mol. The second kappa shape index (κ2) is 10.8. The van der Waals surface area contributed by atoms with Crippen molar-refractivity contribution in [3.05, 3.63) is 108 Å². The Bertz CT molecular complexity index is 1290. The molecule has 0 aliphatic rings. The van der Waals surface area contributed by atoms with E-state index in [1.165, 1.54) is 36.0 Å². The number of carbonyl (C=O) groups excluding carboxylic acids is 2. The molecule has 1 aromatic heterocycles. The van der Waals surface area contributed by atoms with Gasteiger partial charge in [0.05, 0.1) is 11.4 Å². The van der Waals surface area contributed by atoms with Crippen molar-refractivity contribution >= 4 is 29.3 Å². The van der Waals surface area contributed by atoms with Gasteiger partial charge in [-0.25, -0.2) is 13.8 Å². The van der Waals surface area contributed by atoms with Crippen molar-refractivity contribution in [2.45, 2.75) is 11.7 Å². The van der Waals surface area contributed by atoms with Crippen LogP contribution in [0.15, 0.2) is 90.3 Å². The molecule has 172 valence electrons. The van der Waals surface area contributed by atoms with E-state index < -0.39 is 5.82 Å². The summed E-state index contributed by atoms with van der Waals surface area (Å²) in [6.07, 6.45) is 3.36. The smallest absolute Gasteiger partial charge is 0.251 e. The van der Waals surface area contributed by atoms with E-state index in [4.69, 9.17) is 0 Å². The van der Waals surface area contributed by atoms with Crippen molar-refractivity contribution in [1.29, 1.82) is 0 Å². The molecule has 0 saturated carbocycles. The van der Waals surface area contributed by atoms with Crippen LogP contribution in [0.2, 0.25) is 0 Å². The van der Waals surface area contributed by atoms with Crippen LogP contribution in [-0.2, 0) is 11.3 Å². The first-order valence-electron chi connectivity index (χ1n) is 10.3. The Balaban J connectivity index is 1.34. The van der Waals surface area contributed by atoms with Crippen LogP contribution in [-0.4, -0.2) is 27.1 Å². The van der Waals surface area contributed by atoms with Gasteiger partial charge in [0.2, 0.25) is 5.91 Å². The Morgan fingerprint density at radius 2 is 1.68 bits per heavy atom. The van der Waals surface area contributed by atoms with E-state index in [0.717, 1.165) is 11.3 Å². The second-order valence-electron chi connectivity index (χ2n) is 7.25. The molecule has 1 heterocycles. The van der Waals surface area contributed by atoms with Gasteiger partial charge in [0.15, 0.2) is 5.16 Å². The zero-order valence-corrected chi connectivity index (χ0v) is 18.7. The summed E-state index contributed by atoms with van der Waals surface area (Å²) in [4.78, 5) is 28.9. The van der Waals surface area contributed by atoms with Crippen molar-refractivity contribution < 1.29 is 18.4 Å². The lowest BCUT2D eigenvalue weighted by atomic mass is 10.1. The van der Waals surface area contributed by atoms with Crippen LogP contribution in [0.5, 0.6) is 0 Å². The van der Waals surface area contributed by atoms with Crippen molar-refractivity contribution in [1.82, 2.24) is 14.9 Å². The van der Waals surface area contributed by atoms with Crippen LogP contribution in [0, 0.1) is 11.6 Å². The van der Waals surface area contributed by atoms with Crippen molar-refractivity contribution in [2.24, 2.45) is 0 Å². The number of amides is 2. The summed E-state index contributed by atoms with van der Waals surface area (Å²) in [6, 6.07) is 18.8. The summed E-state index contributed by atoms with van der Waals surface area (Å²) in [5.41, 5.74) is 2.17. The zero-order chi connectivity index (χ0) is 23.9. The maximum Gasteiger partial charge on any atom is 0.251 e. The van der Waals surface area contributed by atoms with E-state index in [2.05, 4.69) is 15.6 Å². The standard InChI is InChI=1S/C25H20F2N4O2S/c26-19-9-5-17(6-10-19)15-29-24(33)18-7-11-20(12-8-18)31-14-13-28-25(31)34-16-23(32)30-22-4-2-1-3-21(22)27/h1-14H,15-16H2,(H,29,33)(H,30,32). The molecule has 0 fully saturated rings. The van der Waals surface area contributed by atoms with Gasteiger partial charge in [0, 0.05) is 30.2 Å². The number of halogens is 2. The Morgan fingerprint density at radius 3 is 2.41 bits per heavy atom. The zero-order valence-electron chi connectivity index (χ0n) is 17.9. The van der Waals surface area contributed by atoms with Gasteiger partial charge in [-0.15, -0.1) is 0 Å². The molecule has 9 heteroatoms. The number of aromatic nitrogens is 2. The quantitative estimate of drug-likeness (QED) is 0.357. The highest BCUT2D eigenvalue weighted by molar-refractivity contribution is 7.99. The minimum absolute atomic E-state index is 0.0508. The SMILES string of the molecule is O=C(CSc1nccn1-c1ccc(C(=O)NCc2ccc(F)cc2)cc1)Nc1ccccc1F. The van der Waals surface area contributed by atoms with Crippen molar-refractivity contribution in [3.8, 4) is 5.69 Å². The molecule has 0 spiro atoms. The minimum Gasteiger partial charge on any atom is -0.348 e. The first kappa shape index (κ1) is 23.2. The number of imidazole rings is 1. The molecule has 0 unspecified atom stereocenters. The van der Waals surface area contributed by atoms with E-state index in [-0.39, 0.29) is 35.6 Å². The van der Waals surface area contributed by atoms with E-state index in [1.54, 1.807) is 65.5 Å². The monoisotopic (exact) mass is 478 g/mol. The summed E-state index contributed by atoms with van der Waals surface area (Å²) < 4.78 is 28.5. The highest BCUT2D eigenvalue weighted by atomic mass is 32.2. The molecule has 4 rings (SSSR count). The molecule has 6 nitrogen and oxygen atoms in total. The molecule has 0 bridgehead atoms. The maximum absolute atomic E-state index is 13.7. The Hall–Kier alpha value is -3.98. The van der Waals surface area contributed by atoms with Gasteiger partial charge in [-0.05, 0) is 54.1 Å². The van der Waals surface area contributed by atoms with Crippen molar-refractivity contribution in [2.75, 3.05) is 11.1 Å².